The van der Waals surface area contributed by atoms with E-state index < -0.39 is 0 Å². The van der Waals surface area contributed by atoms with Crippen molar-refractivity contribution in [2.45, 2.75) is 6.54 Å². The van der Waals surface area contributed by atoms with E-state index in [9.17, 15) is 0 Å². The van der Waals surface area contributed by atoms with Crippen molar-refractivity contribution in [1.82, 2.24) is 9.88 Å². The van der Waals surface area contributed by atoms with Crippen molar-refractivity contribution in [1.29, 1.82) is 0 Å². The van der Waals surface area contributed by atoms with Crippen molar-refractivity contribution in [2.75, 3.05) is 19.7 Å². The van der Waals surface area contributed by atoms with Gasteiger partial charge in [-0.2, -0.15) is 0 Å². The molecule has 5 heteroatoms. The fourth-order valence-electron chi connectivity index (χ4n) is 1.67. The van der Waals surface area contributed by atoms with Gasteiger partial charge in [-0.25, -0.2) is 4.98 Å². The minimum atomic E-state index is 0.171. The van der Waals surface area contributed by atoms with Crippen LogP contribution >= 0.6 is 22.7 Å². The molecule has 0 aliphatic rings. The average molecular weight is 280 g/mol. The molecule has 1 N–H and O–H groups in total. The lowest BCUT2D eigenvalue weighted by atomic mass is 10.4. The molecule has 18 heavy (non-hydrogen) atoms. The molecule has 3 nitrogen and oxygen atoms in total. The summed E-state index contributed by atoms with van der Waals surface area (Å²) in [4.78, 5) is 9.03. The molecule has 0 unspecified atom stereocenters. The van der Waals surface area contributed by atoms with Gasteiger partial charge >= 0.3 is 0 Å². The zero-order valence-corrected chi connectivity index (χ0v) is 11.7. The van der Waals surface area contributed by atoms with Crippen molar-refractivity contribution in [2.24, 2.45) is 0 Å². The minimum Gasteiger partial charge on any atom is -0.395 e. The van der Waals surface area contributed by atoms with Crippen LogP contribution in [0.4, 0.5) is 0 Å². The Morgan fingerprint density at radius 3 is 3.06 bits per heavy atom. The highest BCUT2D eigenvalue weighted by Crippen LogP contribution is 2.29. The first-order valence-electron chi connectivity index (χ1n) is 5.76. The number of hydrogen-bond donors (Lipinski definition) is 1. The van der Waals surface area contributed by atoms with E-state index in [0.717, 1.165) is 18.1 Å². The summed E-state index contributed by atoms with van der Waals surface area (Å²) in [6.45, 7) is 6.17. The molecule has 2 rings (SSSR count). The Morgan fingerprint density at radius 2 is 2.39 bits per heavy atom. The predicted octanol–water partition coefficient (Wildman–Crippen LogP) is 2.85. The number of rotatable bonds is 7. The standard InChI is InChI=1S/C13H16N2OS2/c1-2-5-15(6-7-16)10-11-9-14-13(18-11)12-4-3-8-17-12/h2-4,8-9,16H,1,5-7,10H2. The molecule has 0 aliphatic heterocycles. The summed E-state index contributed by atoms with van der Waals surface area (Å²) in [5.74, 6) is 0. The Balaban J connectivity index is 2.03. The quantitative estimate of drug-likeness (QED) is 0.792. The Bertz CT molecular complexity index is 479. The highest BCUT2D eigenvalue weighted by atomic mass is 32.1. The van der Waals surface area contributed by atoms with Crippen LogP contribution in [-0.4, -0.2) is 34.7 Å². The lowest BCUT2D eigenvalue weighted by Crippen LogP contribution is -2.26. The molecule has 0 atom stereocenters. The molecule has 0 fully saturated rings. The van der Waals surface area contributed by atoms with E-state index in [-0.39, 0.29) is 6.61 Å². The molecule has 2 aromatic heterocycles. The van der Waals surface area contributed by atoms with E-state index in [0.29, 0.717) is 6.54 Å². The highest BCUT2D eigenvalue weighted by molar-refractivity contribution is 7.20. The summed E-state index contributed by atoms with van der Waals surface area (Å²) in [5.41, 5.74) is 0. The lowest BCUT2D eigenvalue weighted by Gasteiger charge is -2.17. The number of hydrogen-bond acceptors (Lipinski definition) is 5. The van der Waals surface area contributed by atoms with Crippen molar-refractivity contribution in [3.63, 3.8) is 0 Å². The van der Waals surface area contributed by atoms with Crippen LogP contribution in [0.1, 0.15) is 4.88 Å². The first kappa shape index (κ1) is 13.4. The van der Waals surface area contributed by atoms with E-state index in [1.54, 1.807) is 22.7 Å². The number of thiazole rings is 1. The molecule has 0 aliphatic carbocycles. The molecular formula is C13H16N2OS2. The van der Waals surface area contributed by atoms with Crippen LogP contribution in [-0.2, 0) is 6.54 Å². The van der Waals surface area contributed by atoms with Crippen molar-refractivity contribution in [3.05, 3.63) is 41.2 Å². The third-order valence-electron chi connectivity index (χ3n) is 2.47. The average Bonchev–Trinajstić information content (AvgIpc) is 2.98. The van der Waals surface area contributed by atoms with E-state index in [1.165, 1.54) is 9.75 Å². The summed E-state index contributed by atoms with van der Waals surface area (Å²) < 4.78 is 0. The minimum absolute atomic E-state index is 0.171. The second kappa shape index (κ2) is 6.80. The van der Waals surface area contributed by atoms with Crippen LogP contribution < -0.4 is 0 Å². The fraction of sp³-hybridized carbons (Fsp3) is 0.308. The molecule has 0 spiro atoms. The van der Waals surface area contributed by atoms with Gasteiger partial charge in [0, 0.05) is 30.7 Å². The number of aliphatic hydroxyl groups is 1. The van der Waals surface area contributed by atoms with Gasteiger partial charge in [0.2, 0.25) is 0 Å². The van der Waals surface area contributed by atoms with Gasteiger partial charge in [-0.1, -0.05) is 12.1 Å². The Kier molecular flexibility index (Phi) is 5.07. The zero-order valence-electron chi connectivity index (χ0n) is 10.1. The second-order valence-corrected chi connectivity index (χ2v) is 5.92. The maximum atomic E-state index is 9.01. The van der Waals surface area contributed by atoms with Gasteiger partial charge in [0.25, 0.3) is 0 Å². The predicted molar refractivity (Wildman–Crippen MR) is 78.0 cm³/mol. The van der Waals surface area contributed by atoms with Gasteiger partial charge in [-0.3, -0.25) is 4.90 Å². The Hall–Kier alpha value is -1.01. The largest absolute Gasteiger partial charge is 0.395 e. The van der Waals surface area contributed by atoms with E-state index in [2.05, 4.69) is 27.9 Å². The number of aromatic nitrogens is 1. The third-order valence-corrected chi connectivity index (χ3v) is 4.49. The molecule has 2 heterocycles. The van der Waals surface area contributed by atoms with Gasteiger partial charge in [-0.15, -0.1) is 29.3 Å². The van der Waals surface area contributed by atoms with Crippen molar-refractivity contribution < 1.29 is 5.11 Å². The summed E-state index contributed by atoms with van der Waals surface area (Å²) in [5, 5.41) is 12.1. The first-order chi connectivity index (χ1) is 8.83. The lowest BCUT2D eigenvalue weighted by molar-refractivity contribution is 0.204. The van der Waals surface area contributed by atoms with E-state index in [4.69, 9.17) is 5.11 Å². The smallest absolute Gasteiger partial charge is 0.133 e. The second-order valence-electron chi connectivity index (χ2n) is 3.86. The fourth-order valence-corrected chi connectivity index (χ4v) is 3.43. The summed E-state index contributed by atoms with van der Waals surface area (Å²) >= 11 is 3.42. The van der Waals surface area contributed by atoms with Crippen LogP contribution in [0, 0.1) is 0 Å². The van der Waals surface area contributed by atoms with Gasteiger partial charge < -0.3 is 5.11 Å². The van der Waals surface area contributed by atoms with Gasteiger partial charge in [0.1, 0.15) is 5.01 Å². The van der Waals surface area contributed by atoms with E-state index >= 15 is 0 Å². The Morgan fingerprint density at radius 1 is 1.50 bits per heavy atom. The van der Waals surface area contributed by atoms with Crippen LogP contribution in [0.3, 0.4) is 0 Å². The van der Waals surface area contributed by atoms with Gasteiger partial charge in [0.05, 0.1) is 11.5 Å². The van der Waals surface area contributed by atoms with Crippen LogP contribution in [0.5, 0.6) is 0 Å². The van der Waals surface area contributed by atoms with Crippen molar-refractivity contribution in [3.8, 4) is 9.88 Å². The molecule has 0 aromatic carbocycles. The molecule has 0 saturated carbocycles. The van der Waals surface area contributed by atoms with Crippen LogP contribution in [0.15, 0.2) is 36.4 Å². The first-order valence-corrected chi connectivity index (χ1v) is 7.46. The zero-order chi connectivity index (χ0) is 12.8. The van der Waals surface area contributed by atoms with Crippen LogP contribution in [0.2, 0.25) is 0 Å². The van der Waals surface area contributed by atoms with E-state index in [1.807, 2.05) is 18.3 Å². The SMILES string of the molecule is C=CCN(CCO)Cc1cnc(-c2cccs2)s1. The normalized spacial score (nSPS) is 11.0. The number of thiophene rings is 1. The molecule has 2 aromatic rings. The third kappa shape index (κ3) is 3.49. The van der Waals surface area contributed by atoms with Crippen molar-refractivity contribution >= 4 is 22.7 Å². The Labute approximate surface area is 115 Å². The summed E-state index contributed by atoms with van der Waals surface area (Å²) in [7, 11) is 0. The molecule has 0 saturated heterocycles. The monoisotopic (exact) mass is 280 g/mol. The molecular weight excluding hydrogens is 264 g/mol. The molecule has 0 bridgehead atoms. The number of aliphatic hydroxyl groups excluding tert-OH is 1. The maximum Gasteiger partial charge on any atom is 0.133 e. The summed E-state index contributed by atoms with van der Waals surface area (Å²) in [6, 6.07) is 4.12. The molecule has 0 radical (unpaired) electrons. The highest BCUT2D eigenvalue weighted by Gasteiger charge is 2.09. The molecule has 96 valence electrons. The molecule has 0 amide bonds. The van der Waals surface area contributed by atoms with Crippen LogP contribution in [0.25, 0.3) is 9.88 Å². The maximum absolute atomic E-state index is 9.01. The van der Waals surface area contributed by atoms with Gasteiger partial charge in [-0.05, 0) is 11.4 Å². The van der Waals surface area contributed by atoms with Gasteiger partial charge in [0.15, 0.2) is 0 Å². The summed E-state index contributed by atoms with van der Waals surface area (Å²) in [6.07, 6.45) is 3.78. The topological polar surface area (TPSA) is 36.4 Å². The number of nitrogens with zero attached hydrogens (tertiary/aromatic N) is 2.